The fourth-order valence-electron chi connectivity index (χ4n) is 2.79. The van der Waals surface area contributed by atoms with Gasteiger partial charge in [0.1, 0.15) is 22.3 Å². The van der Waals surface area contributed by atoms with Gasteiger partial charge in [-0.25, -0.2) is 22.8 Å². The van der Waals surface area contributed by atoms with E-state index in [0.29, 0.717) is 0 Å². The van der Waals surface area contributed by atoms with E-state index in [2.05, 4.69) is 30.8 Å². The standard InChI is InChI=1S/C20H22FN7O4S/c1-20(2,30)11-8-15(24-10-12(11)21)26-16-9-13(17(28-27-16)19(29)22-3)25-18-14(33(4,31)32)6-5-7-23-18/h5-10,30H,1-4H3,(H,22,29)(H2,23,24,25,26,27)/i3D3. The lowest BCUT2D eigenvalue weighted by atomic mass is 9.99. The zero-order chi connectivity index (χ0) is 26.9. The molecule has 3 aromatic rings. The molecule has 0 spiro atoms. The zero-order valence-corrected chi connectivity index (χ0v) is 18.5. The second-order valence-corrected chi connectivity index (χ2v) is 9.41. The van der Waals surface area contributed by atoms with E-state index in [9.17, 15) is 22.7 Å². The summed E-state index contributed by atoms with van der Waals surface area (Å²) in [6.45, 7) is -0.0510. The van der Waals surface area contributed by atoms with Crippen LogP contribution in [0, 0.1) is 5.82 Å². The number of hydrogen-bond acceptors (Lipinski definition) is 10. The molecule has 0 fully saturated rings. The Hall–Kier alpha value is -3.71. The van der Waals surface area contributed by atoms with Crippen molar-refractivity contribution in [2.75, 3.05) is 23.9 Å². The summed E-state index contributed by atoms with van der Waals surface area (Å²) in [5.41, 5.74) is -2.17. The molecule has 174 valence electrons. The number of pyridine rings is 2. The van der Waals surface area contributed by atoms with Crippen LogP contribution < -0.4 is 16.0 Å². The highest BCUT2D eigenvalue weighted by molar-refractivity contribution is 7.90. The van der Waals surface area contributed by atoms with Crippen molar-refractivity contribution in [3.05, 3.63) is 53.7 Å². The largest absolute Gasteiger partial charge is 0.386 e. The SMILES string of the molecule is [2H]C([2H])([2H])NC(=O)c1nnc(Nc2cc(C(C)(C)O)c(F)cn2)cc1Nc1ncccc1S(C)(=O)=O. The summed E-state index contributed by atoms with van der Waals surface area (Å²) in [7, 11) is -3.73. The number of carbonyl (C=O) groups is 1. The number of amides is 1. The maximum atomic E-state index is 14.1. The molecule has 0 aromatic carbocycles. The molecule has 0 unspecified atom stereocenters. The second kappa shape index (κ2) is 9.03. The van der Waals surface area contributed by atoms with E-state index in [4.69, 9.17) is 4.11 Å². The number of sulfone groups is 1. The van der Waals surface area contributed by atoms with Crippen molar-refractivity contribution in [3.8, 4) is 0 Å². The van der Waals surface area contributed by atoms with Gasteiger partial charge in [0.2, 0.25) is 0 Å². The Bertz CT molecular complexity index is 1410. The normalized spacial score (nSPS) is 13.4. The third-order valence-corrected chi connectivity index (χ3v) is 5.44. The van der Waals surface area contributed by atoms with Crippen LogP contribution in [0.3, 0.4) is 0 Å². The lowest BCUT2D eigenvalue weighted by molar-refractivity contribution is 0.0744. The molecule has 3 rings (SSSR count). The van der Waals surface area contributed by atoms with E-state index in [1.54, 1.807) is 5.32 Å². The topological polar surface area (TPSA) is 159 Å². The van der Waals surface area contributed by atoms with Crippen LogP contribution in [0.2, 0.25) is 0 Å². The molecule has 4 N–H and O–H groups in total. The molecule has 0 bridgehead atoms. The highest BCUT2D eigenvalue weighted by Crippen LogP contribution is 2.28. The van der Waals surface area contributed by atoms with Crippen LogP contribution in [0.4, 0.5) is 27.5 Å². The van der Waals surface area contributed by atoms with Gasteiger partial charge in [-0.2, -0.15) is 0 Å². The van der Waals surface area contributed by atoms with E-state index in [1.807, 2.05) is 0 Å². The molecule has 3 aromatic heterocycles. The Balaban J connectivity index is 2.06. The molecule has 0 saturated heterocycles. The number of carbonyl (C=O) groups excluding carboxylic acids is 1. The summed E-state index contributed by atoms with van der Waals surface area (Å²) in [6.07, 6.45) is 3.18. The molecule has 1 amide bonds. The lowest BCUT2D eigenvalue weighted by Crippen LogP contribution is -2.22. The minimum atomic E-state index is -3.73. The number of rotatable bonds is 7. The van der Waals surface area contributed by atoms with Gasteiger partial charge in [0.25, 0.3) is 5.91 Å². The van der Waals surface area contributed by atoms with Crippen LogP contribution >= 0.6 is 0 Å². The number of aromatic nitrogens is 4. The Morgan fingerprint density at radius 1 is 1.18 bits per heavy atom. The van der Waals surface area contributed by atoms with Crippen molar-refractivity contribution in [1.82, 2.24) is 25.5 Å². The highest BCUT2D eigenvalue weighted by Gasteiger charge is 2.22. The fourth-order valence-corrected chi connectivity index (χ4v) is 3.57. The van der Waals surface area contributed by atoms with Gasteiger partial charge in [-0.05, 0) is 32.0 Å². The van der Waals surface area contributed by atoms with Crippen molar-refractivity contribution in [2.24, 2.45) is 0 Å². The van der Waals surface area contributed by atoms with Crippen molar-refractivity contribution in [3.63, 3.8) is 0 Å². The minimum Gasteiger partial charge on any atom is -0.386 e. The summed E-state index contributed by atoms with van der Waals surface area (Å²) in [6, 6.07) is 5.18. The average Bonchev–Trinajstić information content (AvgIpc) is 2.73. The zero-order valence-electron chi connectivity index (χ0n) is 20.7. The number of anilines is 4. The monoisotopic (exact) mass is 478 g/mol. The highest BCUT2D eigenvalue weighted by atomic mass is 32.2. The maximum Gasteiger partial charge on any atom is 0.273 e. The predicted molar refractivity (Wildman–Crippen MR) is 119 cm³/mol. The van der Waals surface area contributed by atoms with Gasteiger partial charge in [-0.3, -0.25) is 4.79 Å². The minimum absolute atomic E-state index is 0.0272. The third-order valence-electron chi connectivity index (χ3n) is 4.32. The van der Waals surface area contributed by atoms with Crippen LogP contribution in [-0.4, -0.2) is 52.8 Å². The Morgan fingerprint density at radius 3 is 2.61 bits per heavy atom. The molecule has 11 nitrogen and oxygen atoms in total. The first-order chi connectivity index (χ1) is 16.5. The summed E-state index contributed by atoms with van der Waals surface area (Å²) in [5, 5.41) is 25.0. The molecule has 0 radical (unpaired) electrons. The van der Waals surface area contributed by atoms with E-state index in [0.717, 1.165) is 12.5 Å². The van der Waals surface area contributed by atoms with Crippen LogP contribution in [0.15, 0.2) is 41.6 Å². The van der Waals surface area contributed by atoms with E-state index in [1.165, 1.54) is 44.3 Å². The molecule has 0 saturated carbocycles. The van der Waals surface area contributed by atoms with E-state index in [-0.39, 0.29) is 33.6 Å². The van der Waals surface area contributed by atoms with Gasteiger partial charge < -0.3 is 21.1 Å². The van der Waals surface area contributed by atoms with Crippen LogP contribution in [0.1, 0.15) is 34.0 Å². The second-order valence-electron chi connectivity index (χ2n) is 7.43. The van der Waals surface area contributed by atoms with Gasteiger partial charge in [0.05, 0.1) is 17.5 Å². The van der Waals surface area contributed by atoms with Crippen LogP contribution in [-0.2, 0) is 15.4 Å². The quantitative estimate of drug-likeness (QED) is 0.395. The number of nitrogens with one attached hydrogen (secondary N) is 3. The van der Waals surface area contributed by atoms with Gasteiger partial charge in [0, 0.05) is 35.2 Å². The smallest absolute Gasteiger partial charge is 0.273 e. The number of nitrogens with zero attached hydrogens (tertiary/aromatic N) is 4. The molecule has 0 aliphatic rings. The Morgan fingerprint density at radius 2 is 1.94 bits per heavy atom. The molecule has 13 heteroatoms. The molecule has 0 aliphatic carbocycles. The van der Waals surface area contributed by atoms with Gasteiger partial charge in [-0.15, -0.1) is 10.2 Å². The fraction of sp³-hybridized carbons (Fsp3) is 0.250. The third kappa shape index (κ3) is 5.56. The number of halogens is 1. The molecular formula is C20H22FN7O4S. The van der Waals surface area contributed by atoms with Gasteiger partial charge >= 0.3 is 0 Å². The van der Waals surface area contributed by atoms with Crippen molar-refractivity contribution >= 4 is 38.9 Å². The molecular weight excluding hydrogens is 453 g/mol. The van der Waals surface area contributed by atoms with E-state index >= 15 is 0 Å². The summed E-state index contributed by atoms with van der Waals surface area (Å²) >= 11 is 0. The summed E-state index contributed by atoms with van der Waals surface area (Å²) < 4.78 is 60.2. The maximum absolute atomic E-state index is 14.1. The average molecular weight is 479 g/mol. The molecule has 0 atom stereocenters. The predicted octanol–water partition coefficient (Wildman–Crippen LogP) is 1.88. The molecule has 3 heterocycles. The van der Waals surface area contributed by atoms with Crippen molar-refractivity contribution in [2.45, 2.75) is 24.3 Å². The van der Waals surface area contributed by atoms with Gasteiger partial charge in [-0.1, -0.05) is 0 Å². The number of hydrogen-bond donors (Lipinski definition) is 4. The van der Waals surface area contributed by atoms with Crippen molar-refractivity contribution in [1.29, 1.82) is 0 Å². The molecule has 0 aliphatic heterocycles. The Labute approximate surface area is 193 Å². The van der Waals surface area contributed by atoms with E-state index < -0.39 is 39.8 Å². The van der Waals surface area contributed by atoms with Crippen LogP contribution in [0.5, 0.6) is 0 Å². The van der Waals surface area contributed by atoms with Crippen LogP contribution in [0.25, 0.3) is 0 Å². The molecule has 33 heavy (non-hydrogen) atoms. The first-order valence-corrected chi connectivity index (χ1v) is 11.2. The lowest BCUT2D eigenvalue weighted by Gasteiger charge is -2.19. The first-order valence-electron chi connectivity index (χ1n) is 10.8. The summed E-state index contributed by atoms with van der Waals surface area (Å²) in [4.78, 5) is 20.3. The Kier molecular flexibility index (Phi) is 5.46. The summed E-state index contributed by atoms with van der Waals surface area (Å²) in [5.74, 6) is -1.95. The van der Waals surface area contributed by atoms with Gasteiger partial charge in [0.15, 0.2) is 21.3 Å². The van der Waals surface area contributed by atoms with Crippen molar-refractivity contribution < 1.29 is 26.8 Å². The first kappa shape index (κ1) is 19.9. The number of aliphatic hydroxyl groups is 1.